The van der Waals surface area contributed by atoms with Gasteiger partial charge in [0.25, 0.3) is 0 Å². The molecule has 6 heteroatoms. The van der Waals surface area contributed by atoms with Crippen LogP contribution in [-0.4, -0.2) is 76.4 Å². The largest absolute Gasteiger partial charge is 0.495 e. The Kier molecular flexibility index (Phi) is 7.20. The van der Waals surface area contributed by atoms with E-state index in [4.69, 9.17) is 14.2 Å². The zero-order valence-corrected chi connectivity index (χ0v) is 19.0. The second-order valence-electron chi connectivity index (χ2n) is 8.39. The summed E-state index contributed by atoms with van der Waals surface area (Å²) in [4.78, 5) is 7.71. The SMILES string of the molecule is COc1ccc(CN2CCC(N3CCN(c4ccccc4OC)CC3)CC2)cc1OC. The Balaban J connectivity index is 1.26. The van der Waals surface area contributed by atoms with Crippen LogP contribution in [0.3, 0.4) is 0 Å². The molecule has 2 saturated heterocycles. The van der Waals surface area contributed by atoms with Crippen molar-refractivity contribution in [3.63, 3.8) is 0 Å². The Morgan fingerprint density at radius 2 is 1.42 bits per heavy atom. The molecule has 2 aromatic rings. The number of ether oxygens (including phenoxy) is 3. The van der Waals surface area contributed by atoms with Gasteiger partial charge in [0.1, 0.15) is 5.75 Å². The average Bonchev–Trinajstić information content (AvgIpc) is 2.84. The van der Waals surface area contributed by atoms with Crippen molar-refractivity contribution < 1.29 is 14.2 Å². The Morgan fingerprint density at radius 1 is 0.742 bits per heavy atom. The lowest BCUT2D eigenvalue weighted by Crippen LogP contribution is -2.53. The maximum atomic E-state index is 5.55. The van der Waals surface area contributed by atoms with Crippen LogP contribution in [0.4, 0.5) is 5.69 Å². The number of hydrogen-bond acceptors (Lipinski definition) is 6. The lowest BCUT2D eigenvalue weighted by Gasteiger charge is -2.43. The van der Waals surface area contributed by atoms with Gasteiger partial charge in [0.15, 0.2) is 11.5 Å². The summed E-state index contributed by atoms with van der Waals surface area (Å²) < 4.78 is 16.4. The Bertz CT molecular complexity index is 844. The maximum Gasteiger partial charge on any atom is 0.161 e. The van der Waals surface area contributed by atoms with E-state index in [1.54, 1.807) is 21.3 Å². The van der Waals surface area contributed by atoms with Crippen LogP contribution in [0.15, 0.2) is 42.5 Å². The van der Waals surface area contributed by atoms with E-state index in [1.807, 2.05) is 12.1 Å². The van der Waals surface area contributed by atoms with Gasteiger partial charge in [0.2, 0.25) is 0 Å². The minimum Gasteiger partial charge on any atom is -0.495 e. The highest BCUT2D eigenvalue weighted by molar-refractivity contribution is 5.58. The van der Waals surface area contributed by atoms with Crippen molar-refractivity contribution in [2.24, 2.45) is 0 Å². The number of methoxy groups -OCH3 is 3. The molecule has 2 aliphatic rings. The molecule has 2 heterocycles. The molecule has 168 valence electrons. The molecule has 0 unspecified atom stereocenters. The molecule has 2 aromatic carbocycles. The van der Waals surface area contributed by atoms with Gasteiger partial charge >= 0.3 is 0 Å². The fourth-order valence-electron chi connectivity index (χ4n) is 4.90. The molecule has 0 aromatic heterocycles. The van der Waals surface area contributed by atoms with E-state index < -0.39 is 0 Å². The first-order valence-electron chi connectivity index (χ1n) is 11.3. The Labute approximate surface area is 186 Å². The zero-order chi connectivity index (χ0) is 21.6. The molecule has 0 amide bonds. The number of benzene rings is 2. The second kappa shape index (κ2) is 10.2. The van der Waals surface area contributed by atoms with Crippen molar-refractivity contribution in [3.8, 4) is 17.2 Å². The van der Waals surface area contributed by atoms with Crippen LogP contribution in [0.5, 0.6) is 17.2 Å². The Morgan fingerprint density at radius 3 is 2.10 bits per heavy atom. The van der Waals surface area contributed by atoms with Crippen molar-refractivity contribution in [1.29, 1.82) is 0 Å². The number of piperazine rings is 1. The minimum atomic E-state index is 0.696. The van der Waals surface area contributed by atoms with E-state index >= 15 is 0 Å². The monoisotopic (exact) mass is 425 g/mol. The van der Waals surface area contributed by atoms with Crippen molar-refractivity contribution in [2.75, 3.05) is 65.5 Å². The fourth-order valence-corrected chi connectivity index (χ4v) is 4.90. The van der Waals surface area contributed by atoms with Gasteiger partial charge in [-0.2, -0.15) is 0 Å². The molecule has 31 heavy (non-hydrogen) atoms. The molecule has 2 aliphatic heterocycles. The van der Waals surface area contributed by atoms with Gasteiger partial charge in [-0.15, -0.1) is 0 Å². The maximum absolute atomic E-state index is 5.55. The van der Waals surface area contributed by atoms with Crippen LogP contribution in [0.2, 0.25) is 0 Å². The van der Waals surface area contributed by atoms with Crippen LogP contribution in [-0.2, 0) is 6.54 Å². The fraction of sp³-hybridized carbons (Fsp3) is 0.520. The van der Waals surface area contributed by atoms with E-state index in [2.05, 4.69) is 45.0 Å². The quantitative estimate of drug-likeness (QED) is 0.676. The molecule has 0 radical (unpaired) electrons. The summed E-state index contributed by atoms with van der Waals surface area (Å²) in [7, 11) is 5.13. The van der Waals surface area contributed by atoms with Crippen LogP contribution in [0, 0.1) is 0 Å². The second-order valence-corrected chi connectivity index (χ2v) is 8.39. The lowest BCUT2D eigenvalue weighted by atomic mass is 10.0. The normalized spacial score (nSPS) is 18.7. The number of rotatable bonds is 7. The van der Waals surface area contributed by atoms with Gasteiger partial charge in [-0.3, -0.25) is 9.80 Å². The molecule has 0 spiro atoms. The minimum absolute atomic E-state index is 0.696. The summed E-state index contributed by atoms with van der Waals surface area (Å²) in [6.45, 7) is 7.63. The van der Waals surface area contributed by atoms with Crippen molar-refractivity contribution >= 4 is 5.69 Å². The Hall–Kier alpha value is -2.44. The van der Waals surface area contributed by atoms with Gasteiger partial charge < -0.3 is 19.1 Å². The molecule has 2 fully saturated rings. The topological polar surface area (TPSA) is 37.4 Å². The third-order valence-electron chi connectivity index (χ3n) is 6.67. The molecular weight excluding hydrogens is 390 g/mol. The lowest BCUT2D eigenvalue weighted by molar-refractivity contribution is 0.0997. The summed E-state index contributed by atoms with van der Waals surface area (Å²) in [6, 6.07) is 15.3. The standard InChI is InChI=1S/C25H35N3O3/c1-29-23-7-5-4-6-22(23)28-16-14-27(15-17-28)21-10-12-26(13-11-21)19-20-8-9-24(30-2)25(18-20)31-3/h4-9,18,21H,10-17,19H2,1-3H3. The third kappa shape index (κ3) is 5.08. The van der Waals surface area contributed by atoms with Gasteiger partial charge in [-0.1, -0.05) is 18.2 Å². The smallest absolute Gasteiger partial charge is 0.161 e. The number of hydrogen-bond donors (Lipinski definition) is 0. The van der Waals surface area contributed by atoms with Crippen LogP contribution >= 0.6 is 0 Å². The van der Waals surface area contributed by atoms with E-state index in [1.165, 1.54) is 24.1 Å². The van der Waals surface area contributed by atoms with E-state index in [9.17, 15) is 0 Å². The van der Waals surface area contributed by atoms with Crippen LogP contribution in [0.1, 0.15) is 18.4 Å². The summed E-state index contributed by atoms with van der Waals surface area (Å²) in [6.07, 6.45) is 2.48. The number of piperidine rings is 1. The summed E-state index contributed by atoms with van der Waals surface area (Å²) in [5.41, 5.74) is 2.50. The molecule has 4 rings (SSSR count). The highest BCUT2D eigenvalue weighted by Crippen LogP contribution is 2.30. The number of nitrogens with zero attached hydrogens (tertiary/aromatic N) is 3. The van der Waals surface area contributed by atoms with Gasteiger partial charge in [-0.25, -0.2) is 0 Å². The molecule has 0 N–H and O–H groups in total. The first kappa shape index (κ1) is 21.8. The summed E-state index contributed by atoms with van der Waals surface area (Å²) in [5.74, 6) is 2.57. The van der Waals surface area contributed by atoms with Gasteiger partial charge in [0.05, 0.1) is 27.0 Å². The van der Waals surface area contributed by atoms with Crippen LogP contribution < -0.4 is 19.1 Å². The number of para-hydroxylation sites is 2. The molecule has 0 bridgehead atoms. The average molecular weight is 426 g/mol. The third-order valence-corrected chi connectivity index (χ3v) is 6.67. The van der Waals surface area contributed by atoms with Gasteiger partial charge in [0, 0.05) is 38.8 Å². The van der Waals surface area contributed by atoms with Crippen LogP contribution in [0.25, 0.3) is 0 Å². The zero-order valence-electron chi connectivity index (χ0n) is 19.0. The first-order valence-corrected chi connectivity index (χ1v) is 11.3. The van der Waals surface area contributed by atoms with Gasteiger partial charge in [-0.05, 0) is 55.8 Å². The van der Waals surface area contributed by atoms with Crippen molar-refractivity contribution in [1.82, 2.24) is 9.80 Å². The summed E-state index contributed by atoms with van der Waals surface area (Å²) in [5, 5.41) is 0. The first-order chi connectivity index (χ1) is 15.2. The molecule has 0 saturated carbocycles. The van der Waals surface area contributed by atoms with E-state index in [-0.39, 0.29) is 0 Å². The van der Waals surface area contributed by atoms with E-state index in [0.717, 1.165) is 63.1 Å². The molecular formula is C25H35N3O3. The number of likely N-dealkylation sites (tertiary alicyclic amines) is 1. The summed E-state index contributed by atoms with van der Waals surface area (Å²) >= 11 is 0. The predicted molar refractivity (Wildman–Crippen MR) is 125 cm³/mol. The molecule has 0 aliphatic carbocycles. The van der Waals surface area contributed by atoms with Crippen molar-refractivity contribution in [3.05, 3.63) is 48.0 Å². The highest BCUT2D eigenvalue weighted by atomic mass is 16.5. The molecule has 0 atom stereocenters. The van der Waals surface area contributed by atoms with Crippen molar-refractivity contribution in [2.45, 2.75) is 25.4 Å². The predicted octanol–water partition coefficient (Wildman–Crippen LogP) is 3.50. The van der Waals surface area contributed by atoms with E-state index in [0.29, 0.717) is 6.04 Å². The molecule has 6 nitrogen and oxygen atoms in total. The highest BCUT2D eigenvalue weighted by Gasteiger charge is 2.28. The number of anilines is 1.